The third kappa shape index (κ3) is 3.48. The average Bonchev–Trinajstić information content (AvgIpc) is 2.30. The summed E-state index contributed by atoms with van der Waals surface area (Å²) in [5, 5.41) is 3.41. The van der Waals surface area contributed by atoms with Crippen molar-refractivity contribution in [2.75, 3.05) is 5.32 Å². The van der Waals surface area contributed by atoms with E-state index in [1.54, 1.807) is 0 Å². The summed E-state index contributed by atoms with van der Waals surface area (Å²) in [7, 11) is 0. The van der Waals surface area contributed by atoms with Gasteiger partial charge in [-0.1, -0.05) is 26.3 Å². The molecule has 0 saturated heterocycles. The molecule has 1 rings (SSSR count). The lowest BCUT2D eigenvalue weighted by Crippen LogP contribution is -2.23. The molecule has 0 aromatic heterocycles. The fraction of sp³-hybridized carbons (Fsp3) is 0.500. The maximum Gasteiger partial charge on any atom is 0.249 e. The zero-order valence-corrected chi connectivity index (χ0v) is 11.1. The SMILES string of the molecule is CC[C@H](C)[C@H](C)Nc1ccc(C)c(C(N)=O)c1. The molecule has 3 heteroatoms. The second kappa shape index (κ2) is 5.71. The van der Waals surface area contributed by atoms with Gasteiger partial charge >= 0.3 is 0 Å². The molecule has 17 heavy (non-hydrogen) atoms. The van der Waals surface area contributed by atoms with Crippen LogP contribution in [-0.4, -0.2) is 11.9 Å². The molecule has 0 unspecified atom stereocenters. The Bertz CT molecular complexity index is 401. The molecule has 0 spiro atoms. The summed E-state index contributed by atoms with van der Waals surface area (Å²) in [5.74, 6) is 0.218. The van der Waals surface area contributed by atoms with Crippen molar-refractivity contribution in [1.82, 2.24) is 0 Å². The van der Waals surface area contributed by atoms with E-state index >= 15 is 0 Å². The summed E-state index contributed by atoms with van der Waals surface area (Å²) in [4.78, 5) is 11.2. The molecule has 2 atom stereocenters. The molecule has 0 aliphatic carbocycles. The number of benzene rings is 1. The van der Waals surface area contributed by atoms with Gasteiger partial charge in [-0.2, -0.15) is 0 Å². The predicted molar refractivity (Wildman–Crippen MR) is 72.2 cm³/mol. The summed E-state index contributed by atoms with van der Waals surface area (Å²) >= 11 is 0. The van der Waals surface area contributed by atoms with Crippen molar-refractivity contribution < 1.29 is 4.79 Å². The van der Waals surface area contributed by atoms with E-state index in [0.717, 1.165) is 17.7 Å². The molecule has 1 aromatic rings. The van der Waals surface area contributed by atoms with Crippen LogP contribution >= 0.6 is 0 Å². The number of nitrogens with two attached hydrogens (primary N) is 1. The van der Waals surface area contributed by atoms with Crippen LogP contribution in [0, 0.1) is 12.8 Å². The first-order valence-electron chi connectivity index (χ1n) is 6.12. The van der Waals surface area contributed by atoms with Gasteiger partial charge < -0.3 is 11.1 Å². The molecule has 0 heterocycles. The Kier molecular flexibility index (Phi) is 4.55. The Labute approximate surface area is 103 Å². The zero-order valence-electron chi connectivity index (χ0n) is 11.1. The molecule has 1 aromatic carbocycles. The minimum absolute atomic E-state index is 0.373. The number of aryl methyl sites for hydroxylation is 1. The first-order valence-corrected chi connectivity index (χ1v) is 6.12. The van der Waals surface area contributed by atoms with E-state index in [-0.39, 0.29) is 5.91 Å². The fourth-order valence-electron chi connectivity index (χ4n) is 1.74. The number of primary amides is 1. The van der Waals surface area contributed by atoms with Crippen LogP contribution in [0.5, 0.6) is 0 Å². The van der Waals surface area contributed by atoms with Crippen molar-refractivity contribution in [3.63, 3.8) is 0 Å². The normalized spacial score (nSPS) is 14.1. The summed E-state index contributed by atoms with van der Waals surface area (Å²) in [5.41, 5.74) is 7.79. The Morgan fingerprint density at radius 2 is 2.06 bits per heavy atom. The third-order valence-electron chi connectivity index (χ3n) is 3.39. The number of hydrogen-bond donors (Lipinski definition) is 2. The molecule has 3 nitrogen and oxygen atoms in total. The average molecular weight is 234 g/mol. The third-order valence-corrected chi connectivity index (χ3v) is 3.39. The topological polar surface area (TPSA) is 55.1 Å². The molecule has 0 bridgehead atoms. The number of rotatable bonds is 5. The molecule has 1 amide bonds. The van der Waals surface area contributed by atoms with Gasteiger partial charge in [0.05, 0.1) is 0 Å². The molecule has 0 fully saturated rings. The van der Waals surface area contributed by atoms with Crippen molar-refractivity contribution in [3.8, 4) is 0 Å². The van der Waals surface area contributed by atoms with E-state index in [4.69, 9.17) is 5.73 Å². The Balaban J connectivity index is 2.86. The van der Waals surface area contributed by atoms with Gasteiger partial charge in [-0.25, -0.2) is 0 Å². The summed E-state index contributed by atoms with van der Waals surface area (Å²) in [6, 6.07) is 6.12. The Morgan fingerprint density at radius 1 is 1.41 bits per heavy atom. The van der Waals surface area contributed by atoms with Crippen LogP contribution in [0.3, 0.4) is 0 Å². The van der Waals surface area contributed by atoms with E-state index < -0.39 is 0 Å². The highest BCUT2D eigenvalue weighted by molar-refractivity contribution is 5.95. The van der Waals surface area contributed by atoms with Crippen molar-refractivity contribution in [1.29, 1.82) is 0 Å². The molecule has 0 radical (unpaired) electrons. The number of nitrogens with one attached hydrogen (secondary N) is 1. The molecule has 94 valence electrons. The highest BCUT2D eigenvalue weighted by Gasteiger charge is 2.11. The number of carbonyl (C=O) groups excluding carboxylic acids is 1. The van der Waals surface area contributed by atoms with Gasteiger partial charge in [-0.05, 0) is 37.5 Å². The highest BCUT2D eigenvalue weighted by Crippen LogP contribution is 2.18. The lowest BCUT2D eigenvalue weighted by atomic mass is 10.00. The number of hydrogen-bond acceptors (Lipinski definition) is 2. The molecular formula is C14H22N2O. The summed E-state index contributed by atoms with van der Waals surface area (Å²) in [6.45, 7) is 8.42. The fourth-order valence-corrected chi connectivity index (χ4v) is 1.74. The van der Waals surface area contributed by atoms with Crippen LogP contribution in [0.25, 0.3) is 0 Å². The first kappa shape index (κ1) is 13.6. The van der Waals surface area contributed by atoms with Gasteiger partial charge in [-0.3, -0.25) is 4.79 Å². The number of carbonyl (C=O) groups is 1. The molecular weight excluding hydrogens is 212 g/mol. The van der Waals surface area contributed by atoms with Gasteiger partial charge in [-0.15, -0.1) is 0 Å². The van der Waals surface area contributed by atoms with Gasteiger partial charge in [0.15, 0.2) is 0 Å². The van der Waals surface area contributed by atoms with E-state index in [2.05, 4.69) is 26.1 Å². The molecule has 0 aliphatic heterocycles. The zero-order chi connectivity index (χ0) is 13.0. The molecule has 3 N–H and O–H groups in total. The van der Waals surface area contributed by atoms with Crippen LogP contribution in [0.2, 0.25) is 0 Å². The minimum Gasteiger partial charge on any atom is -0.382 e. The van der Waals surface area contributed by atoms with Gasteiger partial charge in [0.25, 0.3) is 0 Å². The standard InChI is InChI=1S/C14H22N2O/c1-5-9(2)11(4)16-12-7-6-10(3)13(8-12)14(15)17/h6-9,11,16H,5H2,1-4H3,(H2,15,17)/t9-,11-/m0/s1. The van der Waals surface area contributed by atoms with Crippen molar-refractivity contribution in [2.24, 2.45) is 11.7 Å². The van der Waals surface area contributed by atoms with Crippen molar-refractivity contribution in [2.45, 2.75) is 40.2 Å². The van der Waals surface area contributed by atoms with Crippen LogP contribution < -0.4 is 11.1 Å². The second-order valence-electron chi connectivity index (χ2n) is 4.71. The van der Waals surface area contributed by atoms with E-state index in [0.29, 0.717) is 17.5 Å². The van der Waals surface area contributed by atoms with E-state index in [1.165, 1.54) is 0 Å². The van der Waals surface area contributed by atoms with Gasteiger partial charge in [0, 0.05) is 17.3 Å². The quantitative estimate of drug-likeness (QED) is 0.823. The van der Waals surface area contributed by atoms with Crippen LogP contribution in [0.4, 0.5) is 5.69 Å². The lowest BCUT2D eigenvalue weighted by molar-refractivity contribution is 0.1000. The van der Waals surface area contributed by atoms with E-state index in [9.17, 15) is 4.79 Å². The number of anilines is 1. The van der Waals surface area contributed by atoms with Crippen molar-refractivity contribution in [3.05, 3.63) is 29.3 Å². The Morgan fingerprint density at radius 3 is 2.59 bits per heavy atom. The summed E-state index contributed by atoms with van der Waals surface area (Å²) < 4.78 is 0. The summed E-state index contributed by atoms with van der Waals surface area (Å²) in [6.07, 6.45) is 1.13. The molecule has 0 saturated carbocycles. The van der Waals surface area contributed by atoms with Crippen molar-refractivity contribution >= 4 is 11.6 Å². The molecule has 0 aliphatic rings. The van der Waals surface area contributed by atoms with Crippen LogP contribution in [0.1, 0.15) is 43.1 Å². The van der Waals surface area contributed by atoms with Gasteiger partial charge in [0.1, 0.15) is 0 Å². The second-order valence-corrected chi connectivity index (χ2v) is 4.71. The Hall–Kier alpha value is -1.51. The maximum atomic E-state index is 11.2. The monoisotopic (exact) mass is 234 g/mol. The highest BCUT2D eigenvalue weighted by atomic mass is 16.1. The first-order chi connectivity index (χ1) is 7.95. The predicted octanol–water partition coefficient (Wildman–Crippen LogP) is 2.94. The lowest BCUT2D eigenvalue weighted by Gasteiger charge is -2.21. The largest absolute Gasteiger partial charge is 0.382 e. The van der Waals surface area contributed by atoms with Crippen LogP contribution in [0.15, 0.2) is 18.2 Å². The van der Waals surface area contributed by atoms with E-state index in [1.807, 2.05) is 25.1 Å². The van der Waals surface area contributed by atoms with Gasteiger partial charge in [0.2, 0.25) is 5.91 Å². The smallest absolute Gasteiger partial charge is 0.249 e. The number of amides is 1. The maximum absolute atomic E-state index is 11.2. The van der Waals surface area contributed by atoms with Crippen LogP contribution in [-0.2, 0) is 0 Å². The minimum atomic E-state index is -0.373.